The van der Waals surface area contributed by atoms with Gasteiger partial charge in [0.1, 0.15) is 16.7 Å². The molecule has 2 rings (SSSR count). The van der Waals surface area contributed by atoms with E-state index in [1.165, 1.54) is 18.3 Å². The summed E-state index contributed by atoms with van der Waals surface area (Å²) in [5, 5.41) is 36.6. The highest BCUT2D eigenvalue weighted by Crippen LogP contribution is 2.23. The fourth-order valence-electron chi connectivity index (χ4n) is 1.53. The van der Waals surface area contributed by atoms with Gasteiger partial charge in [0.15, 0.2) is 5.17 Å². The molecule has 1 amide bonds. The summed E-state index contributed by atoms with van der Waals surface area (Å²) in [7, 11) is 0. The van der Waals surface area contributed by atoms with Crippen molar-refractivity contribution in [3.05, 3.63) is 23.8 Å². The van der Waals surface area contributed by atoms with Gasteiger partial charge < -0.3 is 20.6 Å². The zero-order chi connectivity index (χ0) is 15.4. The van der Waals surface area contributed by atoms with Crippen LogP contribution in [-0.2, 0) is 9.59 Å². The van der Waals surface area contributed by atoms with Gasteiger partial charge in [-0.25, -0.2) is 0 Å². The van der Waals surface area contributed by atoms with E-state index in [2.05, 4.69) is 15.5 Å². The predicted octanol–water partition coefficient (Wildman–Crippen LogP) is 0.494. The number of hydrogen-bond acceptors (Lipinski definition) is 7. The van der Waals surface area contributed by atoms with Crippen molar-refractivity contribution in [2.24, 2.45) is 10.2 Å². The molecule has 1 aromatic rings. The highest BCUT2D eigenvalue weighted by molar-refractivity contribution is 8.15. The number of rotatable bonds is 4. The average Bonchev–Trinajstić information content (AvgIpc) is 2.72. The molecule has 1 aromatic carbocycles. The largest absolute Gasteiger partial charge is 0.508 e. The molecule has 0 radical (unpaired) electrons. The number of carbonyl (C=O) groups is 2. The lowest BCUT2D eigenvalue weighted by atomic mass is 10.2. The van der Waals surface area contributed by atoms with Gasteiger partial charge in [-0.3, -0.25) is 9.59 Å². The number of phenolic OH excluding ortho intramolecular Hbond substituents is 2. The summed E-state index contributed by atoms with van der Waals surface area (Å²) in [5.41, 5.74) is 0.341. The van der Waals surface area contributed by atoms with E-state index >= 15 is 0 Å². The fourth-order valence-corrected chi connectivity index (χ4v) is 2.45. The van der Waals surface area contributed by atoms with Gasteiger partial charge in [-0.2, -0.15) is 5.10 Å². The summed E-state index contributed by atoms with van der Waals surface area (Å²) in [4.78, 5) is 22.0. The summed E-state index contributed by atoms with van der Waals surface area (Å²) in [5.74, 6) is -1.73. The maximum absolute atomic E-state index is 11.4. The number of benzene rings is 1. The van der Waals surface area contributed by atoms with Crippen LogP contribution in [0, 0.1) is 0 Å². The third-order valence-corrected chi connectivity index (χ3v) is 3.57. The molecule has 0 aliphatic carbocycles. The van der Waals surface area contributed by atoms with Gasteiger partial charge in [0.2, 0.25) is 5.91 Å². The van der Waals surface area contributed by atoms with E-state index < -0.39 is 17.1 Å². The minimum atomic E-state index is -1.07. The van der Waals surface area contributed by atoms with Crippen molar-refractivity contribution in [1.82, 2.24) is 5.32 Å². The van der Waals surface area contributed by atoms with Crippen LogP contribution in [0.4, 0.5) is 0 Å². The number of carboxylic acid groups (broad SMARTS) is 1. The summed E-state index contributed by atoms with van der Waals surface area (Å²) in [6.07, 6.45) is 0.955. The fraction of sp³-hybridized carbons (Fsp3) is 0.167. The Labute approximate surface area is 123 Å². The zero-order valence-electron chi connectivity index (χ0n) is 10.6. The van der Waals surface area contributed by atoms with Crippen molar-refractivity contribution in [3.8, 4) is 11.5 Å². The number of aliphatic carboxylic acids is 1. The molecule has 1 aliphatic heterocycles. The lowest BCUT2D eigenvalue weighted by molar-refractivity contribution is -0.138. The summed E-state index contributed by atoms with van der Waals surface area (Å²) >= 11 is 0.981. The van der Waals surface area contributed by atoms with Crippen molar-refractivity contribution in [3.63, 3.8) is 0 Å². The Bertz CT molecular complexity index is 644. The minimum Gasteiger partial charge on any atom is -0.508 e. The van der Waals surface area contributed by atoms with E-state index in [0.29, 0.717) is 5.56 Å². The minimum absolute atomic E-state index is 0.0777. The molecular weight excluding hydrogens is 298 g/mol. The van der Waals surface area contributed by atoms with Crippen LogP contribution < -0.4 is 5.32 Å². The Morgan fingerprint density at radius 2 is 2.19 bits per heavy atom. The number of thioether (sulfide) groups is 1. The third kappa shape index (κ3) is 3.96. The van der Waals surface area contributed by atoms with Crippen molar-refractivity contribution in [1.29, 1.82) is 0 Å². The molecule has 1 heterocycles. The van der Waals surface area contributed by atoms with Gasteiger partial charge in [0.25, 0.3) is 0 Å². The first kappa shape index (κ1) is 14.9. The number of nitrogens with one attached hydrogen (secondary N) is 1. The number of carbonyl (C=O) groups excluding carboxylic acids is 1. The summed E-state index contributed by atoms with van der Waals surface area (Å²) in [6, 6.07) is 3.98. The molecule has 0 unspecified atom stereocenters. The van der Waals surface area contributed by atoms with Crippen molar-refractivity contribution in [2.45, 2.75) is 11.7 Å². The highest BCUT2D eigenvalue weighted by Gasteiger charge is 2.32. The molecule has 4 N–H and O–H groups in total. The van der Waals surface area contributed by atoms with Crippen LogP contribution >= 0.6 is 11.8 Å². The number of amides is 1. The molecule has 0 bridgehead atoms. The molecular formula is C12H11N3O5S. The van der Waals surface area contributed by atoms with E-state index in [0.717, 1.165) is 17.8 Å². The van der Waals surface area contributed by atoms with Crippen LogP contribution in [0.1, 0.15) is 12.0 Å². The molecule has 0 saturated carbocycles. The van der Waals surface area contributed by atoms with Crippen molar-refractivity contribution in [2.75, 3.05) is 0 Å². The Kier molecular flexibility index (Phi) is 4.43. The lowest BCUT2D eigenvalue weighted by Crippen LogP contribution is -2.26. The van der Waals surface area contributed by atoms with Gasteiger partial charge in [-0.1, -0.05) is 11.8 Å². The van der Waals surface area contributed by atoms with Crippen LogP contribution in [0.3, 0.4) is 0 Å². The number of hydrogen-bond donors (Lipinski definition) is 4. The number of nitrogens with zero attached hydrogens (tertiary/aromatic N) is 2. The Morgan fingerprint density at radius 1 is 1.43 bits per heavy atom. The average molecular weight is 309 g/mol. The maximum atomic E-state index is 11.4. The lowest BCUT2D eigenvalue weighted by Gasteiger charge is -1.98. The van der Waals surface area contributed by atoms with Crippen LogP contribution in [0.2, 0.25) is 0 Å². The Morgan fingerprint density at radius 3 is 2.86 bits per heavy atom. The Hall–Kier alpha value is -2.55. The Balaban J connectivity index is 2.03. The standard InChI is InChI=1S/C12H11N3O5S/c16-7-2-1-6(8(17)3-7)5-13-15-12-14-11(20)9(21-12)4-10(18)19/h1-3,5,9,16-17H,4H2,(H,18,19)(H,14,15,20)/b13-5-/t9-/m1/s1. The second kappa shape index (κ2) is 6.27. The van der Waals surface area contributed by atoms with Crippen LogP contribution in [-0.4, -0.2) is 43.8 Å². The number of phenols is 2. The summed E-state index contributed by atoms with van der Waals surface area (Å²) < 4.78 is 0. The topological polar surface area (TPSA) is 132 Å². The molecule has 1 saturated heterocycles. The third-order valence-electron chi connectivity index (χ3n) is 2.50. The molecule has 1 atom stereocenters. The van der Waals surface area contributed by atoms with Gasteiger partial charge >= 0.3 is 5.97 Å². The van der Waals surface area contributed by atoms with Gasteiger partial charge in [-0.15, -0.1) is 5.10 Å². The molecule has 0 aromatic heterocycles. The van der Waals surface area contributed by atoms with Crippen LogP contribution in [0.5, 0.6) is 11.5 Å². The van der Waals surface area contributed by atoms with Crippen LogP contribution in [0.15, 0.2) is 28.4 Å². The molecule has 0 spiro atoms. The SMILES string of the molecule is O=C(O)C[C@H]1S/C(=N/N=C\c2ccc(O)cc2O)NC1=O. The molecule has 1 fully saturated rings. The van der Waals surface area contributed by atoms with Gasteiger partial charge in [-0.05, 0) is 12.1 Å². The van der Waals surface area contributed by atoms with Crippen LogP contribution in [0.25, 0.3) is 0 Å². The smallest absolute Gasteiger partial charge is 0.305 e. The molecule has 21 heavy (non-hydrogen) atoms. The summed E-state index contributed by atoms with van der Waals surface area (Å²) in [6.45, 7) is 0. The predicted molar refractivity (Wildman–Crippen MR) is 76.6 cm³/mol. The first-order chi connectivity index (χ1) is 9.95. The highest BCUT2D eigenvalue weighted by atomic mass is 32.2. The second-order valence-electron chi connectivity index (χ2n) is 4.09. The molecule has 1 aliphatic rings. The normalized spacial score (nSPS) is 20.1. The van der Waals surface area contributed by atoms with E-state index in [9.17, 15) is 14.7 Å². The first-order valence-electron chi connectivity index (χ1n) is 5.78. The second-order valence-corrected chi connectivity index (χ2v) is 5.28. The number of aromatic hydroxyl groups is 2. The first-order valence-corrected chi connectivity index (χ1v) is 6.66. The molecule has 8 nitrogen and oxygen atoms in total. The van der Waals surface area contributed by atoms with E-state index in [4.69, 9.17) is 10.2 Å². The quantitative estimate of drug-likeness (QED) is 0.473. The van der Waals surface area contributed by atoms with Crippen molar-refractivity contribution >= 4 is 35.0 Å². The van der Waals surface area contributed by atoms with E-state index in [1.54, 1.807) is 0 Å². The van der Waals surface area contributed by atoms with E-state index in [1.807, 2.05) is 0 Å². The monoisotopic (exact) mass is 309 g/mol. The number of amidine groups is 1. The maximum Gasteiger partial charge on any atom is 0.305 e. The molecule has 9 heteroatoms. The van der Waals surface area contributed by atoms with Crippen molar-refractivity contribution < 1.29 is 24.9 Å². The van der Waals surface area contributed by atoms with Gasteiger partial charge in [0.05, 0.1) is 12.6 Å². The zero-order valence-corrected chi connectivity index (χ0v) is 11.4. The van der Waals surface area contributed by atoms with E-state index in [-0.39, 0.29) is 23.1 Å². The number of carboxylic acids is 1. The molecule has 110 valence electrons. The van der Waals surface area contributed by atoms with Gasteiger partial charge in [0, 0.05) is 11.6 Å².